The zero-order valence-corrected chi connectivity index (χ0v) is 22.0. The Labute approximate surface area is 218 Å². The van der Waals surface area contributed by atoms with Gasteiger partial charge < -0.3 is 14.2 Å². The van der Waals surface area contributed by atoms with Gasteiger partial charge in [-0.05, 0) is 67.3 Å². The van der Waals surface area contributed by atoms with E-state index < -0.39 is 0 Å². The van der Waals surface area contributed by atoms with E-state index >= 15 is 0 Å². The molecule has 6 heteroatoms. The predicted octanol–water partition coefficient (Wildman–Crippen LogP) is 6.80. The zero-order valence-electron chi connectivity index (χ0n) is 21.2. The molecule has 36 heavy (non-hydrogen) atoms. The number of rotatable bonds is 9. The number of methoxy groups -OCH3 is 1. The highest BCUT2D eigenvalue weighted by molar-refractivity contribution is 6.30. The lowest BCUT2D eigenvalue weighted by atomic mass is 10.0. The van der Waals surface area contributed by atoms with Crippen LogP contribution in [-0.2, 0) is 22.5 Å². The minimum atomic E-state index is -0.128. The molecule has 0 radical (unpaired) electrons. The van der Waals surface area contributed by atoms with Crippen molar-refractivity contribution < 1.29 is 9.53 Å². The molecule has 186 valence electrons. The normalized spacial score (nSPS) is 12.4. The number of nitrogens with zero attached hydrogens (tertiary/aromatic N) is 3. The lowest BCUT2D eigenvalue weighted by Crippen LogP contribution is -2.44. The average molecular weight is 502 g/mol. The molecule has 1 amide bonds. The number of fused-ring (bicyclic) bond motifs is 1. The van der Waals surface area contributed by atoms with Crippen molar-refractivity contribution in [3.63, 3.8) is 0 Å². The first-order chi connectivity index (χ1) is 17.4. The van der Waals surface area contributed by atoms with Crippen LogP contribution in [0.2, 0.25) is 5.02 Å². The number of halogens is 1. The van der Waals surface area contributed by atoms with E-state index in [1.807, 2.05) is 83.1 Å². The van der Waals surface area contributed by atoms with Crippen molar-refractivity contribution in [2.45, 2.75) is 39.8 Å². The summed E-state index contributed by atoms with van der Waals surface area (Å²) >= 11 is 6.03. The largest absolute Gasteiger partial charge is 0.383 e. The van der Waals surface area contributed by atoms with E-state index in [0.29, 0.717) is 11.6 Å². The van der Waals surface area contributed by atoms with E-state index in [-0.39, 0.29) is 18.5 Å². The molecule has 0 bridgehead atoms. The quantitative estimate of drug-likeness (QED) is 0.253. The first-order valence-corrected chi connectivity index (χ1v) is 12.6. The fraction of sp³-hybridized carbons (Fsp3) is 0.267. The summed E-state index contributed by atoms with van der Waals surface area (Å²) in [5, 5.41) is 0.693. The molecular weight excluding hydrogens is 470 g/mol. The maximum absolute atomic E-state index is 14.0. The van der Waals surface area contributed by atoms with Crippen molar-refractivity contribution in [3.05, 3.63) is 94.3 Å². The monoisotopic (exact) mass is 501 g/mol. The van der Waals surface area contributed by atoms with Crippen molar-refractivity contribution in [3.8, 4) is 0 Å². The van der Waals surface area contributed by atoms with Gasteiger partial charge in [-0.15, -0.1) is 0 Å². The van der Waals surface area contributed by atoms with Gasteiger partial charge in [0.2, 0.25) is 5.91 Å². The van der Waals surface area contributed by atoms with Crippen LogP contribution in [0.1, 0.15) is 36.4 Å². The van der Waals surface area contributed by atoms with Crippen molar-refractivity contribution in [2.75, 3.05) is 18.6 Å². The van der Waals surface area contributed by atoms with E-state index in [4.69, 9.17) is 21.3 Å². The van der Waals surface area contributed by atoms with Gasteiger partial charge in [-0.2, -0.15) is 0 Å². The molecule has 0 aliphatic heterocycles. The maximum atomic E-state index is 14.0. The van der Waals surface area contributed by atoms with Gasteiger partial charge in [-0.1, -0.05) is 67.1 Å². The van der Waals surface area contributed by atoms with Gasteiger partial charge >= 0.3 is 0 Å². The van der Waals surface area contributed by atoms with Gasteiger partial charge in [-0.3, -0.25) is 4.79 Å². The van der Waals surface area contributed by atoms with Crippen LogP contribution in [0.3, 0.4) is 0 Å². The number of carbonyl (C=O) groups is 1. The molecule has 0 saturated carbocycles. The second kappa shape index (κ2) is 11.5. The summed E-state index contributed by atoms with van der Waals surface area (Å²) in [7, 11) is 1.67. The lowest BCUT2D eigenvalue weighted by Gasteiger charge is -2.32. The number of ether oxygens (including phenoxy) is 1. The van der Waals surface area contributed by atoms with Crippen molar-refractivity contribution in [2.24, 2.45) is 0 Å². The summed E-state index contributed by atoms with van der Waals surface area (Å²) < 4.78 is 7.45. The lowest BCUT2D eigenvalue weighted by molar-refractivity contribution is -0.119. The second-order valence-electron chi connectivity index (χ2n) is 8.93. The van der Waals surface area contributed by atoms with Crippen LogP contribution >= 0.6 is 11.6 Å². The Balaban J connectivity index is 1.75. The number of para-hydroxylation sites is 3. The number of aryl methyl sites for hydroxylation is 2. The van der Waals surface area contributed by atoms with E-state index in [1.165, 1.54) is 0 Å². The van der Waals surface area contributed by atoms with Crippen LogP contribution in [-0.4, -0.2) is 35.2 Å². The number of imidazole rings is 1. The van der Waals surface area contributed by atoms with E-state index in [0.717, 1.165) is 45.7 Å². The Hall–Kier alpha value is -3.41. The minimum Gasteiger partial charge on any atom is -0.383 e. The first-order valence-electron chi connectivity index (χ1n) is 12.2. The third-order valence-electron chi connectivity index (χ3n) is 6.33. The Morgan fingerprint density at radius 2 is 1.83 bits per heavy atom. The maximum Gasteiger partial charge on any atom is 0.247 e. The number of hydrogen-bond donors (Lipinski definition) is 0. The molecule has 1 unspecified atom stereocenters. The number of aromatic nitrogens is 2. The van der Waals surface area contributed by atoms with Crippen LogP contribution in [0.15, 0.2) is 66.7 Å². The Bertz CT molecular complexity index is 1370. The molecule has 0 aliphatic carbocycles. The molecule has 4 aromatic rings. The number of benzene rings is 3. The second-order valence-corrected chi connectivity index (χ2v) is 9.37. The fourth-order valence-corrected chi connectivity index (χ4v) is 4.73. The van der Waals surface area contributed by atoms with Crippen molar-refractivity contribution in [1.29, 1.82) is 0 Å². The Morgan fingerprint density at radius 3 is 2.56 bits per heavy atom. The highest BCUT2D eigenvalue weighted by Crippen LogP contribution is 2.29. The van der Waals surface area contributed by atoms with Crippen molar-refractivity contribution >= 4 is 46.4 Å². The SMILES string of the molecule is CCc1cccc(C)c1N(C(=O)Cn1c(C=Cc2ccc(Cl)cc2)nc2ccccc21)C(C)COC. The molecule has 4 rings (SSSR count). The molecule has 1 atom stereocenters. The van der Waals surface area contributed by atoms with Gasteiger partial charge in [0.1, 0.15) is 12.4 Å². The smallest absolute Gasteiger partial charge is 0.247 e. The summed E-state index contributed by atoms with van der Waals surface area (Å²) in [4.78, 5) is 20.8. The molecule has 3 aromatic carbocycles. The van der Waals surface area contributed by atoms with Crippen LogP contribution in [0.4, 0.5) is 5.69 Å². The summed E-state index contributed by atoms with van der Waals surface area (Å²) in [6, 6.07) is 21.6. The molecule has 0 saturated heterocycles. The summed E-state index contributed by atoms with van der Waals surface area (Å²) in [5.41, 5.74) is 5.96. The molecule has 0 aliphatic rings. The van der Waals surface area contributed by atoms with Crippen molar-refractivity contribution in [1.82, 2.24) is 9.55 Å². The topological polar surface area (TPSA) is 47.4 Å². The third-order valence-corrected chi connectivity index (χ3v) is 6.58. The molecule has 0 spiro atoms. The van der Waals surface area contributed by atoms with Crippen LogP contribution < -0.4 is 4.90 Å². The third kappa shape index (κ3) is 5.53. The molecule has 5 nitrogen and oxygen atoms in total. The van der Waals surface area contributed by atoms with Gasteiger partial charge in [0.25, 0.3) is 0 Å². The van der Waals surface area contributed by atoms with Gasteiger partial charge in [0.15, 0.2) is 0 Å². The number of amides is 1. The molecule has 1 aromatic heterocycles. The molecule has 0 N–H and O–H groups in total. The van der Waals surface area contributed by atoms with E-state index in [2.05, 4.69) is 26.0 Å². The zero-order chi connectivity index (χ0) is 25.7. The fourth-order valence-electron chi connectivity index (χ4n) is 4.60. The van der Waals surface area contributed by atoms with Crippen LogP contribution in [0, 0.1) is 6.92 Å². The molecular formula is C30H32ClN3O2. The first kappa shape index (κ1) is 25.7. The van der Waals surface area contributed by atoms with E-state index in [1.54, 1.807) is 7.11 Å². The molecule has 0 fully saturated rings. The summed E-state index contributed by atoms with van der Waals surface area (Å²) in [5.74, 6) is 0.715. The number of hydrogen-bond acceptors (Lipinski definition) is 3. The summed E-state index contributed by atoms with van der Waals surface area (Å²) in [6.45, 7) is 6.80. The number of anilines is 1. The van der Waals surface area contributed by atoms with Crippen LogP contribution in [0.5, 0.6) is 0 Å². The summed E-state index contributed by atoms with van der Waals surface area (Å²) in [6.07, 6.45) is 4.77. The van der Waals surface area contributed by atoms with E-state index in [9.17, 15) is 4.79 Å². The highest BCUT2D eigenvalue weighted by Gasteiger charge is 2.26. The van der Waals surface area contributed by atoms with Gasteiger partial charge in [-0.25, -0.2) is 4.98 Å². The van der Waals surface area contributed by atoms with Gasteiger partial charge in [0.05, 0.1) is 29.4 Å². The highest BCUT2D eigenvalue weighted by atomic mass is 35.5. The predicted molar refractivity (Wildman–Crippen MR) is 149 cm³/mol. The standard InChI is InChI=1S/C30H32ClN3O2/c1-5-24-10-8-9-21(2)30(24)34(22(3)20-36-4)29(35)19-33-27-12-7-6-11-26(27)32-28(33)18-15-23-13-16-25(31)17-14-23/h6-18,22H,5,19-20H2,1-4H3. The Morgan fingerprint density at radius 1 is 1.08 bits per heavy atom. The Kier molecular flexibility index (Phi) is 8.24. The average Bonchev–Trinajstić information content (AvgIpc) is 3.22. The van der Waals surface area contributed by atoms with Crippen LogP contribution in [0.25, 0.3) is 23.2 Å². The molecule has 1 heterocycles. The number of carbonyl (C=O) groups excluding carboxylic acids is 1. The van der Waals surface area contributed by atoms with Gasteiger partial charge in [0, 0.05) is 12.1 Å². The minimum absolute atomic E-state index is 0.00662.